The van der Waals surface area contributed by atoms with Crippen LogP contribution in [0.4, 0.5) is 0 Å². The van der Waals surface area contributed by atoms with E-state index in [4.69, 9.17) is 9.72 Å². The Morgan fingerprint density at radius 2 is 2.20 bits per heavy atom. The lowest BCUT2D eigenvalue weighted by atomic mass is 10.2. The van der Waals surface area contributed by atoms with E-state index >= 15 is 0 Å². The monoisotopic (exact) mass is 374 g/mol. The number of aryl methyl sites for hydroxylation is 2. The predicted octanol–water partition coefficient (Wildman–Crippen LogP) is 3.03. The molecule has 0 spiro atoms. The normalized spacial score (nSPS) is 13.4. The number of aromatic nitrogens is 2. The number of nitrogens with zero attached hydrogens (tertiary/aromatic N) is 2. The summed E-state index contributed by atoms with van der Waals surface area (Å²) in [5.41, 5.74) is 1.80. The Bertz CT molecular complexity index is 994. The van der Waals surface area contributed by atoms with E-state index in [-0.39, 0.29) is 12.2 Å². The molecule has 1 aliphatic rings. The maximum atomic E-state index is 13.4. The van der Waals surface area contributed by atoms with Crippen LogP contribution in [0.2, 0.25) is 0 Å². The van der Waals surface area contributed by atoms with Crippen molar-refractivity contribution in [1.82, 2.24) is 9.55 Å². The number of aliphatic hydroxyl groups excluding tert-OH is 1. The predicted molar refractivity (Wildman–Crippen MR) is 102 cm³/mol. The summed E-state index contributed by atoms with van der Waals surface area (Å²) in [4.78, 5) is 20.3. The van der Waals surface area contributed by atoms with E-state index < -0.39 is 0 Å². The molecule has 0 atom stereocenters. The topological polar surface area (TPSA) is 64.3 Å². The van der Waals surface area contributed by atoms with Gasteiger partial charge < -0.3 is 9.84 Å². The second kappa shape index (κ2) is 6.82. The number of methoxy groups -OCH3 is 1. The van der Waals surface area contributed by atoms with Crippen LogP contribution in [0.1, 0.15) is 16.9 Å². The van der Waals surface area contributed by atoms with E-state index in [0.717, 1.165) is 29.5 Å². The summed E-state index contributed by atoms with van der Waals surface area (Å²) in [7, 11) is 1.60. The fraction of sp³-hybridized carbons (Fsp3) is 0.333. The first-order chi connectivity index (χ1) is 12.2. The van der Waals surface area contributed by atoms with E-state index in [2.05, 4.69) is 0 Å². The molecule has 0 fully saturated rings. The molecule has 0 radical (unpaired) electrons. The van der Waals surface area contributed by atoms with Crippen molar-refractivity contribution in [3.05, 3.63) is 45.1 Å². The SMILES string of the molecule is COc1ccccc1-n1c(SCCO)nc2sc3c(c2c1=O)CCC3. The van der Waals surface area contributed by atoms with Crippen LogP contribution < -0.4 is 10.3 Å². The van der Waals surface area contributed by atoms with Gasteiger partial charge in [0.25, 0.3) is 5.56 Å². The van der Waals surface area contributed by atoms with Gasteiger partial charge >= 0.3 is 0 Å². The van der Waals surface area contributed by atoms with E-state index in [1.165, 1.54) is 22.2 Å². The number of thiophene rings is 1. The van der Waals surface area contributed by atoms with Crippen LogP contribution in [0.5, 0.6) is 5.75 Å². The number of thioether (sulfide) groups is 1. The molecular weight excluding hydrogens is 356 g/mol. The van der Waals surface area contributed by atoms with E-state index in [1.54, 1.807) is 23.0 Å². The van der Waals surface area contributed by atoms with Gasteiger partial charge in [0.05, 0.1) is 24.8 Å². The molecule has 5 nitrogen and oxygen atoms in total. The third-order valence-electron chi connectivity index (χ3n) is 4.36. The summed E-state index contributed by atoms with van der Waals surface area (Å²) in [6.45, 7) is 0.0332. The number of para-hydroxylation sites is 2. The van der Waals surface area contributed by atoms with Gasteiger partial charge in [0.15, 0.2) is 5.16 Å². The van der Waals surface area contributed by atoms with Crippen molar-refractivity contribution in [2.24, 2.45) is 0 Å². The van der Waals surface area contributed by atoms with Crippen LogP contribution in [0, 0.1) is 0 Å². The molecule has 7 heteroatoms. The third kappa shape index (κ3) is 2.76. The highest BCUT2D eigenvalue weighted by atomic mass is 32.2. The molecular formula is C18H18N2O3S2. The molecule has 1 N–H and O–H groups in total. The molecule has 4 rings (SSSR count). The van der Waals surface area contributed by atoms with Gasteiger partial charge in [-0.05, 0) is 37.0 Å². The Morgan fingerprint density at radius 1 is 1.36 bits per heavy atom. The van der Waals surface area contributed by atoms with Crippen LogP contribution in [0.3, 0.4) is 0 Å². The van der Waals surface area contributed by atoms with Crippen molar-refractivity contribution in [3.8, 4) is 11.4 Å². The van der Waals surface area contributed by atoms with Gasteiger partial charge in [0, 0.05) is 10.6 Å². The summed E-state index contributed by atoms with van der Waals surface area (Å²) in [5.74, 6) is 1.11. The molecule has 0 saturated carbocycles. The van der Waals surface area contributed by atoms with Gasteiger partial charge in [-0.1, -0.05) is 23.9 Å². The minimum atomic E-state index is -0.0469. The molecule has 2 aromatic heterocycles. The molecule has 2 heterocycles. The van der Waals surface area contributed by atoms with Gasteiger partial charge in [-0.3, -0.25) is 9.36 Å². The average Bonchev–Trinajstić information content (AvgIpc) is 3.20. The summed E-state index contributed by atoms with van der Waals surface area (Å²) in [5, 5.41) is 10.6. The smallest absolute Gasteiger partial charge is 0.267 e. The highest BCUT2D eigenvalue weighted by molar-refractivity contribution is 7.99. The zero-order valence-corrected chi connectivity index (χ0v) is 15.5. The van der Waals surface area contributed by atoms with Gasteiger partial charge in [0.2, 0.25) is 0 Å². The molecule has 3 aromatic rings. The highest BCUT2D eigenvalue weighted by Gasteiger charge is 2.24. The molecule has 25 heavy (non-hydrogen) atoms. The summed E-state index contributed by atoms with van der Waals surface area (Å²) in [6.07, 6.45) is 3.08. The lowest BCUT2D eigenvalue weighted by Crippen LogP contribution is -2.22. The number of benzene rings is 1. The molecule has 0 unspecified atom stereocenters. The average molecular weight is 374 g/mol. The first-order valence-electron chi connectivity index (χ1n) is 8.19. The molecule has 1 aromatic carbocycles. The Hall–Kier alpha value is -1.83. The van der Waals surface area contributed by atoms with E-state index in [0.29, 0.717) is 22.3 Å². The summed E-state index contributed by atoms with van der Waals surface area (Å²) >= 11 is 3.01. The second-order valence-electron chi connectivity index (χ2n) is 5.82. The number of ether oxygens (including phenoxy) is 1. The van der Waals surface area contributed by atoms with Crippen LogP contribution >= 0.6 is 23.1 Å². The first-order valence-corrected chi connectivity index (χ1v) is 9.99. The Morgan fingerprint density at radius 3 is 3.00 bits per heavy atom. The number of hydrogen-bond donors (Lipinski definition) is 1. The molecule has 0 amide bonds. The van der Waals surface area contributed by atoms with Crippen LogP contribution in [-0.4, -0.2) is 34.1 Å². The fourth-order valence-electron chi connectivity index (χ4n) is 3.29. The minimum absolute atomic E-state index is 0.0332. The van der Waals surface area contributed by atoms with Crippen molar-refractivity contribution in [2.45, 2.75) is 24.4 Å². The van der Waals surface area contributed by atoms with Gasteiger partial charge in [0.1, 0.15) is 10.6 Å². The van der Waals surface area contributed by atoms with Gasteiger partial charge in [-0.15, -0.1) is 11.3 Å². The lowest BCUT2D eigenvalue weighted by molar-refractivity contribution is 0.322. The molecule has 0 aliphatic heterocycles. The molecule has 130 valence electrons. The van der Waals surface area contributed by atoms with Crippen LogP contribution in [-0.2, 0) is 12.8 Å². The summed E-state index contributed by atoms with van der Waals surface area (Å²) < 4.78 is 7.09. The van der Waals surface area contributed by atoms with Crippen LogP contribution in [0.15, 0.2) is 34.2 Å². The maximum absolute atomic E-state index is 13.4. The minimum Gasteiger partial charge on any atom is -0.495 e. The van der Waals surface area contributed by atoms with Crippen LogP contribution in [0.25, 0.3) is 15.9 Å². The number of aliphatic hydroxyl groups is 1. The highest BCUT2D eigenvalue weighted by Crippen LogP contribution is 2.36. The third-order valence-corrected chi connectivity index (χ3v) is 6.46. The van der Waals surface area contributed by atoms with E-state index in [1.807, 2.05) is 24.3 Å². The fourth-order valence-corrected chi connectivity index (χ4v) is 5.34. The number of rotatable bonds is 5. The number of fused-ring (bicyclic) bond motifs is 3. The number of hydrogen-bond acceptors (Lipinski definition) is 6. The zero-order chi connectivity index (χ0) is 17.4. The Labute approximate surface area is 153 Å². The Kier molecular flexibility index (Phi) is 4.54. The standard InChI is InChI=1S/C18H18N2O3S2/c1-23-13-7-3-2-6-12(13)20-17(22)15-11-5-4-8-14(11)25-16(15)19-18(20)24-10-9-21/h2-3,6-7,21H,4-5,8-10H2,1H3. The lowest BCUT2D eigenvalue weighted by Gasteiger charge is -2.14. The molecule has 1 aliphatic carbocycles. The summed E-state index contributed by atoms with van der Waals surface area (Å²) in [6, 6.07) is 7.46. The van der Waals surface area contributed by atoms with Crippen molar-refractivity contribution in [3.63, 3.8) is 0 Å². The second-order valence-corrected chi connectivity index (χ2v) is 7.96. The zero-order valence-electron chi connectivity index (χ0n) is 13.8. The quantitative estimate of drug-likeness (QED) is 0.549. The van der Waals surface area contributed by atoms with E-state index in [9.17, 15) is 9.90 Å². The van der Waals surface area contributed by atoms with Gasteiger partial charge in [-0.2, -0.15) is 0 Å². The maximum Gasteiger partial charge on any atom is 0.267 e. The van der Waals surface area contributed by atoms with Crippen molar-refractivity contribution in [2.75, 3.05) is 19.5 Å². The molecule has 0 saturated heterocycles. The Balaban J connectivity index is 2.03. The van der Waals surface area contributed by atoms with Gasteiger partial charge in [-0.25, -0.2) is 4.98 Å². The van der Waals surface area contributed by atoms with Crippen molar-refractivity contribution in [1.29, 1.82) is 0 Å². The first kappa shape index (κ1) is 16.6. The van der Waals surface area contributed by atoms with Crippen molar-refractivity contribution >= 4 is 33.3 Å². The largest absolute Gasteiger partial charge is 0.495 e. The van der Waals surface area contributed by atoms with Crippen molar-refractivity contribution < 1.29 is 9.84 Å². The molecule has 0 bridgehead atoms.